The van der Waals surface area contributed by atoms with Gasteiger partial charge in [-0.05, 0) is 104 Å². The van der Waals surface area contributed by atoms with Crippen molar-refractivity contribution in [3.05, 3.63) is 65.2 Å². The van der Waals surface area contributed by atoms with Crippen molar-refractivity contribution in [3.63, 3.8) is 0 Å². The van der Waals surface area contributed by atoms with Gasteiger partial charge in [0, 0.05) is 12.7 Å². The number of aryl methyl sites for hydroxylation is 3. The largest absolute Gasteiger partial charge is 0.387 e. The Hall–Kier alpha value is -2.88. The Bertz CT molecular complexity index is 1040. The molecule has 36 heavy (non-hydrogen) atoms. The van der Waals surface area contributed by atoms with Gasteiger partial charge >= 0.3 is 0 Å². The summed E-state index contributed by atoms with van der Waals surface area (Å²) in [6, 6.07) is 13.4. The molecule has 0 amide bonds. The lowest BCUT2D eigenvalue weighted by Gasteiger charge is -2.21. The molecule has 4 heteroatoms. The van der Waals surface area contributed by atoms with Gasteiger partial charge in [0.25, 0.3) is 0 Å². The number of nitrogens with zero attached hydrogens (tertiary/aromatic N) is 2. The minimum Gasteiger partial charge on any atom is -0.387 e. The number of aliphatic imine (C=N–C) groups is 2. The van der Waals surface area contributed by atoms with E-state index in [0.717, 1.165) is 30.9 Å². The molecule has 0 spiro atoms. The Labute approximate surface area is 220 Å². The van der Waals surface area contributed by atoms with E-state index >= 15 is 0 Å². The number of guanidine groups is 1. The van der Waals surface area contributed by atoms with Gasteiger partial charge in [0.15, 0.2) is 0 Å². The molecule has 1 atom stereocenters. The van der Waals surface area contributed by atoms with Crippen LogP contribution in [0.15, 0.2) is 58.5 Å². The second-order valence-corrected chi connectivity index (χ2v) is 11.4. The molecule has 0 aromatic heterocycles. The Balaban J connectivity index is 2.03. The molecule has 4 nitrogen and oxygen atoms in total. The first-order valence-electron chi connectivity index (χ1n) is 13.3. The lowest BCUT2D eigenvalue weighted by molar-refractivity contribution is 0.388. The predicted molar refractivity (Wildman–Crippen MR) is 160 cm³/mol. The second kappa shape index (κ2) is 13.4. The summed E-state index contributed by atoms with van der Waals surface area (Å²) in [5, 5.41) is 3.27. The Morgan fingerprint density at radius 1 is 1.06 bits per heavy atom. The van der Waals surface area contributed by atoms with Gasteiger partial charge in [0.1, 0.15) is 0 Å². The van der Waals surface area contributed by atoms with Crippen LogP contribution in [0.25, 0.3) is 11.1 Å². The fraction of sp³-hybridized carbons (Fsp3) is 0.500. The fourth-order valence-corrected chi connectivity index (χ4v) is 4.93. The summed E-state index contributed by atoms with van der Waals surface area (Å²) in [6.07, 6.45) is 7.13. The van der Waals surface area contributed by atoms with E-state index in [2.05, 4.69) is 99.8 Å². The monoisotopic (exact) mass is 488 g/mol. The first-order valence-corrected chi connectivity index (χ1v) is 13.3. The van der Waals surface area contributed by atoms with Crippen LogP contribution in [-0.4, -0.2) is 18.8 Å². The summed E-state index contributed by atoms with van der Waals surface area (Å²) in [5.74, 6) is 1.74. The normalized spacial score (nSPS) is 13.6. The predicted octanol–water partition coefficient (Wildman–Crippen LogP) is 8.48. The van der Waals surface area contributed by atoms with Gasteiger partial charge in [-0.15, -0.1) is 0 Å². The molecule has 0 bridgehead atoms. The molecule has 0 saturated heterocycles. The van der Waals surface area contributed by atoms with Crippen LogP contribution in [0.4, 0.5) is 5.69 Å². The molecule has 2 rings (SSSR count). The van der Waals surface area contributed by atoms with Crippen LogP contribution < -0.4 is 11.1 Å². The van der Waals surface area contributed by atoms with E-state index in [1.54, 1.807) is 14.0 Å². The summed E-state index contributed by atoms with van der Waals surface area (Å²) in [6.45, 7) is 19.6. The van der Waals surface area contributed by atoms with Gasteiger partial charge in [0.2, 0.25) is 5.96 Å². The second-order valence-electron chi connectivity index (χ2n) is 11.4. The van der Waals surface area contributed by atoms with Gasteiger partial charge in [-0.2, -0.15) is 0 Å². The molecule has 0 radical (unpaired) electrons. The van der Waals surface area contributed by atoms with Gasteiger partial charge in [-0.25, -0.2) is 4.99 Å². The fourth-order valence-electron chi connectivity index (χ4n) is 4.93. The van der Waals surface area contributed by atoms with Crippen molar-refractivity contribution < 1.29 is 0 Å². The zero-order chi connectivity index (χ0) is 26.9. The third-order valence-electron chi connectivity index (χ3n) is 6.63. The molecule has 0 saturated carbocycles. The van der Waals surface area contributed by atoms with Crippen LogP contribution in [0.1, 0.15) is 83.4 Å². The number of hydrogen-bond donors (Lipinski definition) is 2. The van der Waals surface area contributed by atoms with Gasteiger partial charge in [0.05, 0.1) is 5.84 Å². The van der Waals surface area contributed by atoms with Crippen LogP contribution >= 0.6 is 0 Å². The van der Waals surface area contributed by atoms with Crippen LogP contribution in [0.2, 0.25) is 0 Å². The molecular formula is C32H48N4. The number of benzene rings is 2. The topological polar surface area (TPSA) is 62.8 Å². The van der Waals surface area contributed by atoms with E-state index in [4.69, 9.17) is 5.73 Å². The SMILES string of the molecule is C=C(CCC(CC)CCc1ccc(-c2c(C)cc(NC(=N/C)/N=C(\C)N)cc2C)cc1)CC(C)(C)C. The minimum absolute atomic E-state index is 0.332. The molecule has 0 aliphatic heterocycles. The number of hydrogen-bond acceptors (Lipinski definition) is 1. The minimum atomic E-state index is 0.332. The van der Waals surface area contributed by atoms with Crippen molar-refractivity contribution in [2.75, 3.05) is 12.4 Å². The first kappa shape index (κ1) is 29.4. The molecule has 2 aromatic carbocycles. The zero-order valence-corrected chi connectivity index (χ0v) is 24.0. The number of amidine groups is 1. The summed E-state index contributed by atoms with van der Waals surface area (Å²) in [5.41, 5.74) is 14.8. The molecular weight excluding hydrogens is 440 g/mol. The molecule has 2 aromatic rings. The van der Waals surface area contributed by atoms with E-state index in [0.29, 0.717) is 17.2 Å². The number of nitrogens with two attached hydrogens (primary N) is 1. The smallest absolute Gasteiger partial charge is 0.223 e. The van der Waals surface area contributed by atoms with E-state index in [1.807, 2.05) is 0 Å². The van der Waals surface area contributed by atoms with Crippen LogP contribution in [0, 0.1) is 25.2 Å². The lowest BCUT2D eigenvalue weighted by atomic mass is 9.84. The molecule has 3 N–H and O–H groups in total. The van der Waals surface area contributed by atoms with E-state index in [9.17, 15) is 0 Å². The Kier molecular flexibility index (Phi) is 11.0. The van der Waals surface area contributed by atoms with Crippen molar-refractivity contribution in [2.45, 2.75) is 87.0 Å². The Morgan fingerprint density at radius 2 is 1.67 bits per heavy atom. The maximum atomic E-state index is 5.71. The quantitative estimate of drug-likeness (QED) is 0.200. The van der Waals surface area contributed by atoms with Crippen molar-refractivity contribution >= 4 is 17.5 Å². The average molecular weight is 489 g/mol. The summed E-state index contributed by atoms with van der Waals surface area (Å²) in [4.78, 5) is 8.42. The number of allylic oxidation sites excluding steroid dienone is 1. The van der Waals surface area contributed by atoms with Crippen LogP contribution in [0.5, 0.6) is 0 Å². The molecule has 0 heterocycles. The first-order chi connectivity index (χ1) is 16.9. The molecule has 0 aliphatic rings. The summed E-state index contributed by atoms with van der Waals surface area (Å²) in [7, 11) is 1.71. The highest BCUT2D eigenvalue weighted by molar-refractivity contribution is 6.01. The zero-order valence-electron chi connectivity index (χ0n) is 24.0. The maximum Gasteiger partial charge on any atom is 0.223 e. The molecule has 0 fully saturated rings. The van der Waals surface area contributed by atoms with Crippen molar-refractivity contribution in [3.8, 4) is 11.1 Å². The molecule has 196 valence electrons. The molecule has 0 aliphatic carbocycles. The summed E-state index contributed by atoms with van der Waals surface area (Å²) >= 11 is 0. The highest BCUT2D eigenvalue weighted by Gasteiger charge is 2.14. The number of rotatable bonds is 10. The van der Waals surface area contributed by atoms with E-state index in [1.165, 1.54) is 52.7 Å². The highest BCUT2D eigenvalue weighted by Crippen LogP contribution is 2.31. The third-order valence-corrected chi connectivity index (χ3v) is 6.63. The van der Waals surface area contributed by atoms with Gasteiger partial charge in [-0.3, -0.25) is 4.99 Å². The summed E-state index contributed by atoms with van der Waals surface area (Å²) < 4.78 is 0. The number of nitrogens with one attached hydrogen (secondary N) is 1. The van der Waals surface area contributed by atoms with E-state index in [-0.39, 0.29) is 0 Å². The maximum absolute atomic E-state index is 5.71. The average Bonchev–Trinajstić information content (AvgIpc) is 2.77. The molecule has 1 unspecified atom stereocenters. The van der Waals surface area contributed by atoms with Gasteiger partial charge in [-0.1, -0.05) is 70.5 Å². The van der Waals surface area contributed by atoms with Crippen molar-refractivity contribution in [1.29, 1.82) is 0 Å². The Morgan fingerprint density at radius 3 is 2.17 bits per heavy atom. The van der Waals surface area contributed by atoms with E-state index < -0.39 is 0 Å². The van der Waals surface area contributed by atoms with Crippen LogP contribution in [0.3, 0.4) is 0 Å². The third kappa shape index (κ3) is 9.64. The lowest BCUT2D eigenvalue weighted by Crippen LogP contribution is -2.15. The van der Waals surface area contributed by atoms with Crippen LogP contribution in [-0.2, 0) is 6.42 Å². The van der Waals surface area contributed by atoms with Gasteiger partial charge < -0.3 is 11.1 Å². The highest BCUT2D eigenvalue weighted by atomic mass is 15.1. The van der Waals surface area contributed by atoms with Crippen molar-refractivity contribution in [1.82, 2.24) is 0 Å². The standard InChI is InChI=1S/C32H48N4/c1-10-26(12-11-22(2)21-32(6,7)8)13-14-27-15-17-28(18-16-27)30-23(3)19-29(20-24(30)4)36-31(34-9)35-25(5)33/h15-20,26H,2,10-14,21H2,1,3-9H3,(H3,33,34,35,36). The van der Waals surface area contributed by atoms with Crippen molar-refractivity contribution in [2.24, 2.45) is 27.1 Å². The number of anilines is 1.